The summed E-state index contributed by atoms with van der Waals surface area (Å²) in [5.74, 6) is 0.467. The van der Waals surface area contributed by atoms with E-state index < -0.39 is 0 Å². The van der Waals surface area contributed by atoms with Crippen molar-refractivity contribution >= 4 is 0 Å². The Hall–Kier alpha value is -1.30. The fraction of sp³-hybridized carbons (Fsp3) is 0.333. The lowest BCUT2D eigenvalue weighted by Gasteiger charge is -1.95. The standard InChI is InChI=1S/C15H22/c1-6-14(4)10-8-12-15(5)11-7-9-13(2)3/h6-12,15H,1H2,2-5H3/b11-7+,12-8+,14-10+. The molecule has 1 atom stereocenters. The highest BCUT2D eigenvalue weighted by Gasteiger charge is 1.86. The molecule has 0 rings (SSSR count). The molecule has 0 aromatic carbocycles. The summed E-state index contributed by atoms with van der Waals surface area (Å²) in [6.45, 7) is 12.1. The maximum absolute atomic E-state index is 3.70. The molecule has 0 aliphatic carbocycles. The van der Waals surface area contributed by atoms with Gasteiger partial charge < -0.3 is 0 Å². The summed E-state index contributed by atoms with van der Waals surface area (Å²) in [5, 5.41) is 0. The summed E-state index contributed by atoms with van der Waals surface area (Å²) in [7, 11) is 0. The van der Waals surface area contributed by atoms with Crippen molar-refractivity contribution in [2.24, 2.45) is 5.92 Å². The van der Waals surface area contributed by atoms with E-state index in [0.29, 0.717) is 5.92 Å². The molecule has 0 fully saturated rings. The lowest BCUT2D eigenvalue weighted by atomic mass is 10.1. The van der Waals surface area contributed by atoms with Gasteiger partial charge in [0.2, 0.25) is 0 Å². The molecular formula is C15H22. The lowest BCUT2D eigenvalue weighted by molar-refractivity contribution is 0.940. The summed E-state index contributed by atoms with van der Waals surface area (Å²) in [6, 6.07) is 0. The zero-order chi connectivity index (χ0) is 11.7. The van der Waals surface area contributed by atoms with Gasteiger partial charge in [0.05, 0.1) is 0 Å². The average molecular weight is 202 g/mol. The van der Waals surface area contributed by atoms with Crippen molar-refractivity contribution in [2.45, 2.75) is 27.7 Å². The Kier molecular flexibility index (Phi) is 7.35. The van der Waals surface area contributed by atoms with Gasteiger partial charge in [0, 0.05) is 0 Å². The molecule has 0 N–H and O–H groups in total. The van der Waals surface area contributed by atoms with Crippen LogP contribution in [0.4, 0.5) is 0 Å². The van der Waals surface area contributed by atoms with Crippen molar-refractivity contribution in [3.05, 3.63) is 60.3 Å². The van der Waals surface area contributed by atoms with Crippen molar-refractivity contribution in [1.82, 2.24) is 0 Å². The molecule has 0 aliphatic rings. The summed E-state index contributed by atoms with van der Waals surface area (Å²) >= 11 is 0. The predicted molar refractivity (Wildman–Crippen MR) is 70.8 cm³/mol. The molecular weight excluding hydrogens is 180 g/mol. The lowest BCUT2D eigenvalue weighted by Crippen LogP contribution is -1.80. The van der Waals surface area contributed by atoms with Crippen molar-refractivity contribution in [3.8, 4) is 0 Å². The Labute approximate surface area is 94.4 Å². The number of hydrogen-bond donors (Lipinski definition) is 0. The molecule has 15 heavy (non-hydrogen) atoms. The van der Waals surface area contributed by atoms with E-state index in [1.165, 1.54) is 11.1 Å². The molecule has 1 unspecified atom stereocenters. The topological polar surface area (TPSA) is 0 Å². The Balaban J connectivity index is 4.14. The molecule has 0 aliphatic heterocycles. The van der Waals surface area contributed by atoms with Crippen LogP contribution in [0.5, 0.6) is 0 Å². The van der Waals surface area contributed by atoms with E-state index >= 15 is 0 Å². The van der Waals surface area contributed by atoms with Gasteiger partial charge in [-0.3, -0.25) is 0 Å². The fourth-order valence-corrected chi connectivity index (χ4v) is 0.938. The molecule has 82 valence electrons. The van der Waals surface area contributed by atoms with Crippen molar-refractivity contribution in [3.63, 3.8) is 0 Å². The van der Waals surface area contributed by atoms with E-state index in [-0.39, 0.29) is 0 Å². The first-order valence-electron chi connectivity index (χ1n) is 5.35. The maximum atomic E-state index is 3.70. The zero-order valence-electron chi connectivity index (χ0n) is 10.3. The van der Waals surface area contributed by atoms with E-state index in [4.69, 9.17) is 0 Å². The van der Waals surface area contributed by atoms with Crippen LogP contribution in [0.2, 0.25) is 0 Å². The van der Waals surface area contributed by atoms with Gasteiger partial charge in [-0.1, -0.05) is 67.2 Å². The van der Waals surface area contributed by atoms with Gasteiger partial charge in [-0.15, -0.1) is 0 Å². The highest BCUT2D eigenvalue weighted by molar-refractivity contribution is 5.21. The highest BCUT2D eigenvalue weighted by atomic mass is 13.9. The fourth-order valence-electron chi connectivity index (χ4n) is 0.938. The Morgan fingerprint density at radius 2 is 1.53 bits per heavy atom. The first kappa shape index (κ1) is 13.7. The first-order valence-corrected chi connectivity index (χ1v) is 5.35. The Morgan fingerprint density at radius 3 is 2.00 bits per heavy atom. The minimum absolute atomic E-state index is 0.467. The van der Waals surface area contributed by atoms with E-state index in [1.807, 2.05) is 13.0 Å². The van der Waals surface area contributed by atoms with Crippen LogP contribution in [0.1, 0.15) is 27.7 Å². The largest absolute Gasteiger partial charge is 0.0988 e. The quantitative estimate of drug-likeness (QED) is 0.560. The van der Waals surface area contributed by atoms with Gasteiger partial charge in [0.15, 0.2) is 0 Å². The van der Waals surface area contributed by atoms with E-state index in [0.717, 1.165) is 0 Å². The average Bonchev–Trinajstić information content (AvgIpc) is 2.17. The van der Waals surface area contributed by atoms with Crippen molar-refractivity contribution in [1.29, 1.82) is 0 Å². The summed E-state index contributed by atoms with van der Waals surface area (Å²) in [5.41, 5.74) is 2.51. The maximum Gasteiger partial charge on any atom is -0.00756 e. The monoisotopic (exact) mass is 202 g/mol. The molecule has 0 nitrogen and oxygen atoms in total. The van der Waals surface area contributed by atoms with Gasteiger partial charge in [-0.25, -0.2) is 0 Å². The molecule has 0 aromatic heterocycles. The molecule has 0 amide bonds. The normalized spacial score (nSPS) is 14.5. The number of rotatable bonds is 5. The second-order valence-electron chi connectivity index (χ2n) is 3.99. The van der Waals surface area contributed by atoms with Gasteiger partial charge >= 0.3 is 0 Å². The molecule has 0 bridgehead atoms. The first-order chi connectivity index (χ1) is 7.06. The minimum atomic E-state index is 0.467. The van der Waals surface area contributed by atoms with Gasteiger partial charge in [-0.2, -0.15) is 0 Å². The van der Waals surface area contributed by atoms with Crippen molar-refractivity contribution < 1.29 is 0 Å². The summed E-state index contributed by atoms with van der Waals surface area (Å²) in [6.07, 6.45) is 14.6. The van der Waals surface area contributed by atoms with E-state index in [9.17, 15) is 0 Å². The summed E-state index contributed by atoms with van der Waals surface area (Å²) in [4.78, 5) is 0. The third-order valence-corrected chi connectivity index (χ3v) is 1.94. The van der Waals surface area contributed by atoms with Crippen LogP contribution in [0.15, 0.2) is 60.3 Å². The van der Waals surface area contributed by atoms with E-state index in [1.54, 1.807) is 0 Å². The second kappa shape index (κ2) is 8.05. The van der Waals surface area contributed by atoms with Crippen LogP contribution in [-0.4, -0.2) is 0 Å². The molecule has 0 aromatic rings. The second-order valence-corrected chi connectivity index (χ2v) is 3.99. The Morgan fingerprint density at radius 1 is 1.00 bits per heavy atom. The van der Waals surface area contributed by atoms with Crippen LogP contribution in [0.25, 0.3) is 0 Å². The van der Waals surface area contributed by atoms with Gasteiger partial charge in [-0.05, 0) is 26.7 Å². The van der Waals surface area contributed by atoms with Gasteiger partial charge in [0.25, 0.3) is 0 Å². The third kappa shape index (κ3) is 9.01. The van der Waals surface area contributed by atoms with Crippen LogP contribution in [0.3, 0.4) is 0 Å². The van der Waals surface area contributed by atoms with Crippen LogP contribution < -0.4 is 0 Å². The zero-order valence-corrected chi connectivity index (χ0v) is 10.3. The SMILES string of the molecule is C=C/C(C)=C/C=C/C(C)/C=C/C=C(C)C. The van der Waals surface area contributed by atoms with Crippen LogP contribution in [0, 0.1) is 5.92 Å². The van der Waals surface area contributed by atoms with Crippen LogP contribution >= 0.6 is 0 Å². The molecule has 0 saturated heterocycles. The van der Waals surface area contributed by atoms with E-state index in [2.05, 4.69) is 63.8 Å². The molecule has 0 radical (unpaired) electrons. The smallest absolute Gasteiger partial charge is 0.00756 e. The Bertz CT molecular complexity index is 294. The summed E-state index contributed by atoms with van der Waals surface area (Å²) < 4.78 is 0. The number of allylic oxidation sites excluding steroid dienone is 9. The molecule has 0 heterocycles. The minimum Gasteiger partial charge on any atom is -0.0988 e. The van der Waals surface area contributed by atoms with Gasteiger partial charge in [0.1, 0.15) is 0 Å². The predicted octanol–water partition coefficient (Wildman–Crippen LogP) is 4.83. The molecule has 0 saturated carbocycles. The number of hydrogen-bond acceptors (Lipinski definition) is 0. The van der Waals surface area contributed by atoms with Crippen LogP contribution in [-0.2, 0) is 0 Å². The highest BCUT2D eigenvalue weighted by Crippen LogP contribution is 2.02. The van der Waals surface area contributed by atoms with Crippen molar-refractivity contribution in [2.75, 3.05) is 0 Å². The molecule has 0 heteroatoms. The third-order valence-electron chi connectivity index (χ3n) is 1.94. The molecule has 0 spiro atoms.